The zero-order chi connectivity index (χ0) is 11.5. The van der Waals surface area contributed by atoms with Gasteiger partial charge in [-0.15, -0.1) is 0 Å². The van der Waals surface area contributed by atoms with Gasteiger partial charge in [-0.05, 0) is 50.3 Å². The van der Waals surface area contributed by atoms with Gasteiger partial charge in [-0.1, -0.05) is 12.1 Å². The molecule has 1 fully saturated rings. The maximum atomic E-state index is 11.7. The van der Waals surface area contributed by atoms with Crippen molar-refractivity contribution in [2.24, 2.45) is 0 Å². The van der Waals surface area contributed by atoms with Gasteiger partial charge in [0.2, 0.25) is 0 Å². The maximum absolute atomic E-state index is 11.7. The van der Waals surface area contributed by atoms with Crippen molar-refractivity contribution in [2.45, 2.75) is 45.6 Å². The molecular weight excluding hydrogens is 200 g/mol. The molecule has 0 radical (unpaired) electrons. The molecule has 0 amide bonds. The van der Waals surface area contributed by atoms with E-state index in [0.717, 1.165) is 30.6 Å². The highest BCUT2D eigenvalue weighted by atomic mass is 16.5. The molecule has 1 atom stereocenters. The van der Waals surface area contributed by atoms with Crippen molar-refractivity contribution in [1.82, 2.24) is 0 Å². The number of aryl methyl sites for hydroxylation is 2. The number of carbonyl (C=O) groups is 1. The largest absolute Gasteiger partial charge is 0.482 e. The normalized spacial score (nSPS) is 20.9. The zero-order valence-electron chi connectivity index (χ0n) is 9.95. The molecule has 1 aliphatic carbocycles. The Kier molecular flexibility index (Phi) is 3.28. The molecule has 1 aliphatic rings. The van der Waals surface area contributed by atoms with Gasteiger partial charge in [0, 0.05) is 6.42 Å². The van der Waals surface area contributed by atoms with E-state index < -0.39 is 0 Å². The van der Waals surface area contributed by atoms with Crippen molar-refractivity contribution in [2.75, 3.05) is 0 Å². The molecule has 0 aromatic heterocycles. The average Bonchev–Trinajstić information content (AvgIpc) is 2.27. The monoisotopic (exact) mass is 218 g/mol. The van der Waals surface area contributed by atoms with Crippen LogP contribution in [0.15, 0.2) is 18.2 Å². The predicted molar refractivity (Wildman–Crippen MR) is 63.8 cm³/mol. The van der Waals surface area contributed by atoms with E-state index in [1.165, 1.54) is 5.56 Å². The van der Waals surface area contributed by atoms with E-state index in [-0.39, 0.29) is 11.9 Å². The van der Waals surface area contributed by atoms with Crippen LogP contribution < -0.4 is 4.74 Å². The molecule has 0 bridgehead atoms. The fourth-order valence-corrected chi connectivity index (χ4v) is 2.06. The summed E-state index contributed by atoms with van der Waals surface area (Å²) in [4.78, 5) is 11.7. The molecule has 16 heavy (non-hydrogen) atoms. The fraction of sp³-hybridized carbons (Fsp3) is 0.500. The minimum Gasteiger partial charge on any atom is -0.482 e. The number of hydrogen-bond acceptors (Lipinski definition) is 2. The van der Waals surface area contributed by atoms with E-state index >= 15 is 0 Å². The third-order valence-corrected chi connectivity index (χ3v) is 3.11. The third kappa shape index (κ3) is 2.43. The van der Waals surface area contributed by atoms with Crippen LogP contribution >= 0.6 is 0 Å². The second-order valence-corrected chi connectivity index (χ2v) is 4.59. The lowest BCUT2D eigenvalue weighted by Crippen LogP contribution is -2.30. The Morgan fingerprint density at radius 1 is 1.25 bits per heavy atom. The third-order valence-electron chi connectivity index (χ3n) is 3.11. The van der Waals surface area contributed by atoms with E-state index in [9.17, 15) is 4.79 Å². The van der Waals surface area contributed by atoms with Gasteiger partial charge in [0.1, 0.15) is 5.75 Å². The van der Waals surface area contributed by atoms with Crippen LogP contribution in [0.1, 0.15) is 36.8 Å². The van der Waals surface area contributed by atoms with E-state index in [0.29, 0.717) is 6.42 Å². The molecule has 1 saturated carbocycles. The van der Waals surface area contributed by atoms with Crippen LogP contribution in [-0.2, 0) is 4.79 Å². The molecular formula is C14H18O2. The first-order chi connectivity index (χ1) is 7.66. The second kappa shape index (κ2) is 4.69. The summed E-state index contributed by atoms with van der Waals surface area (Å²) in [5.41, 5.74) is 2.27. The number of ether oxygens (including phenoxy) is 1. The second-order valence-electron chi connectivity index (χ2n) is 4.59. The number of Topliss-reactive ketones (excluding diaryl/α,β-unsaturated/α-hetero) is 1. The van der Waals surface area contributed by atoms with Crippen molar-refractivity contribution in [1.29, 1.82) is 0 Å². The summed E-state index contributed by atoms with van der Waals surface area (Å²) in [6.45, 7) is 4.05. The summed E-state index contributed by atoms with van der Waals surface area (Å²) in [7, 11) is 0. The van der Waals surface area contributed by atoms with Crippen LogP contribution in [0.25, 0.3) is 0 Å². The van der Waals surface area contributed by atoms with Gasteiger partial charge < -0.3 is 4.74 Å². The van der Waals surface area contributed by atoms with Gasteiger partial charge in [0.05, 0.1) is 0 Å². The van der Waals surface area contributed by atoms with E-state index in [1.54, 1.807) is 0 Å². The zero-order valence-corrected chi connectivity index (χ0v) is 9.95. The first-order valence-electron chi connectivity index (χ1n) is 5.93. The SMILES string of the molecule is Cc1ccc(C)c(O[C@@H]2CCCCC2=O)c1. The number of rotatable bonds is 2. The van der Waals surface area contributed by atoms with Gasteiger partial charge in [0.25, 0.3) is 0 Å². The summed E-state index contributed by atoms with van der Waals surface area (Å²) in [6.07, 6.45) is 3.45. The van der Waals surface area contributed by atoms with Crippen molar-refractivity contribution in [3.05, 3.63) is 29.3 Å². The molecule has 2 rings (SSSR count). The summed E-state index contributed by atoms with van der Waals surface area (Å²) >= 11 is 0. The Balaban J connectivity index is 2.13. The minimum absolute atomic E-state index is 0.214. The van der Waals surface area contributed by atoms with Gasteiger partial charge in [-0.2, -0.15) is 0 Å². The summed E-state index contributed by atoms with van der Waals surface area (Å²) in [5.74, 6) is 1.12. The maximum Gasteiger partial charge on any atom is 0.173 e. The van der Waals surface area contributed by atoms with Crippen LogP contribution in [-0.4, -0.2) is 11.9 Å². The van der Waals surface area contributed by atoms with Crippen LogP contribution in [0.5, 0.6) is 5.75 Å². The Bertz CT molecular complexity index is 396. The van der Waals surface area contributed by atoms with E-state index in [1.807, 2.05) is 26.0 Å². The number of carbonyl (C=O) groups excluding carboxylic acids is 1. The van der Waals surface area contributed by atoms with Crippen molar-refractivity contribution >= 4 is 5.78 Å². The summed E-state index contributed by atoms with van der Waals surface area (Å²) in [5, 5.41) is 0. The van der Waals surface area contributed by atoms with Gasteiger partial charge in [-0.25, -0.2) is 0 Å². The van der Waals surface area contributed by atoms with Crippen LogP contribution in [0.4, 0.5) is 0 Å². The topological polar surface area (TPSA) is 26.3 Å². The first-order valence-corrected chi connectivity index (χ1v) is 5.93. The molecule has 0 saturated heterocycles. The highest BCUT2D eigenvalue weighted by Gasteiger charge is 2.24. The predicted octanol–water partition coefficient (Wildman–Crippen LogP) is 3.19. The number of hydrogen-bond donors (Lipinski definition) is 0. The van der Waals surface area contributed by atoms with E-state index in [2.05, 4.69) is 6.07 Å². The number of benzene rings is 1. The van der Waals surface area contributed by atoms with Crippen molar-refractivity contribution in [3.8, 4) is 5.75 Å². The Morgan fingerprint density at radius 2 is 2.06 bits per heavy atom. The quantitative estimate of drug-likeness (QED) is 0.762. The molecule has 2 heteroatoms. The lowest BCUT2D eigenvalue weighted by Gasteiger charge is -2.22. The molecule has 0 aliphatic heterocycles. The smallest absolute Gasteiger partial charge is 0.173 e. The Labute approximate surface area is 96.6 Å². The van der Waals surface area contributed by atoms with Crippen molar-refractivity contribution < 1.29 is 9.53 Å². The molecule has 0 spiro atoms. The molecule has 1 aromatic carbocycles. The molecule has 2 nitrogen and oxygen atoms in total. The summed E-state index contributed by atoms with van der Waals surface area (Å²) < 4.78 is 5.83. The molecule has 0 unspecified atom stereocenters. The Morgan fingerprint density at radius 3 is 2.81 bits per heavy atom. The number of ketones is 1. The van der Waals surface area contributed by atoms with Gasteiger partial charge in [-0.3, -0.25) is 4.79 Å². The van der Waals surface area contributed by atoms with Crippen LogP contribution in [0.3, 0.4) is 0 Å². The average molecular weight is 218 g/mol. The molecule has 0 heterocycles. The minimum atomic E-state index is -0.214. The molecule has 1 aromatic rings. The highest BCUT2D eigenvalue weighted by Crippen LogP contribution is 2.24. The fourth-order valence-electron chi connectivity index (χ4n) is 2.06. The van der Waals surface area contributed by atoms with Gasteiger partial charge in [0.15, 0.2) is 11.9 Å². The van der Waals surface area contributed by atoms with Crippen molar-refractivity contribution in [3.63, 3.8) is 0 Å². The van der Waals surface area contributed by atoms with Gasteiger partial charge >= 0.3 is 0 Å². The lowest BCUT2D eigenvalue weighted by molar-refractivity contribution is -0.127. The highest BCUT2D eigenvalue weighted by molar-refractivity contribution is 5.84. The standard InChI is InChI=1S/C14H18O2/c1-10-7-8-11(2)14(9-10)16-13-6-4-3-5-12(13)15/h7-9,13H,3-6H2,1-2H3/t13-/m1/s1. The molecule has 0 N–H and O–H groups in total. The first kappa shape index (κ1) is 11.2. The van der Waals surface area contributed by atoms with E-state index in [4.69, 9.17) is 4.74 Å². The van der Waals surface area contributed by atoms with Crippen LogP contribution in [0, 0.1) is 13.8 Å². The lowest BCUT2D eigenvalue weighted by atomic mass is 9.96. The van der Waals surface area contributed by atoms with Crippen LogP contribution in [0.2, 0.25) is 0 Å². The summed E-state index contributed by atoms with van der Waals surface area (Å²) in [6, 6.07) is 6.11. The Hall–Kier alpha value is -1.31. The molecule has 86 valence electrons.